The van der Waals surface area contributed by atoms with Gasteiger partial charge < -0.3 is 9.80 Å². The summed E-state index contributed by atoms with van der Waals surface area (Å²) in [6.07, 6.45) is 0.491. The molecular formula is C20H21FN2O2. The summed E-state index contributed by atoms with van der Waals surface area (Å²) in [6.45, 7) is 4.22. The number of amides is 1. The molecule has 130 valence electrons. The molecule has 4 nitrogen and oxygen atoms in total. The van der Waals surface area contributed by atoms with E-state index < -0.39 is 5.82 Å². The van der Waals surface area contributed by atoms with E-state index in [1.54, 1.807) is 36.4 Å². The van der Waals surface area contributed by atoms with Gasteiger partial charge >= 0.3 is 0 Å². The first-order valence-electron chi connectivity index (χ1n) is 8.52. The molecule has 1 aliphatic heterocycles. The molecule has 1 fully saturated rings. The van der Waals surface area contributed by atoms with Gasteiger partial charge in [-0.3, -0.25) is 9.59 Å². The van der Waals surface area contributed by atoms with Crippen LogP contribution in [0.5, 0.6) is 0 Å². The Bertz CT molecular complexity index is 769. The Balaban J connectivity index is 1.73. The maximum absolute atomic E-state index is 14.6. The smallest absolute Gasteiger partial charge is 0.222 e. The summed E-state index contributed by atoms with van der Waals surface area (Å²) >= 11 is 0. The van der Waals surface area contributed by atoms with Crippen molar-refractivity contribution >= 4 is 17.4 Å². The van der Waals surface area contributed by atoms with Crippen molar-refractivity contribution in [2.24, 2.45) is 0 Å². The maximum atomic E-state index is 14.6. The molecule has 5 heteroatoms. The molecule has 0 aliphatic carbocycles. The Morgan fingerprint density at radius 3 is 2.24 bits per heavy atom. The number of anilines is 1. The molecule has 0 saturated carbocycles. The van der Waals surface area contributed by atoms with E-state index in [1.165, 1.54) is 6.07 Å². The van der Waals surface area contributed by atoms with Crippen LogP contribution in [-0.2, 0) is 4.79 Å². The minimum atomic E-state index is -0.406. The second kappa shape index (κ2) is 7.47. The van der Waals surface area contributed by atoms with Gasteiger partial charge in [0.15, 0.2) is 5.78 Å². The molecule has 1 aliphatic rings. The van der Waals surface area contributed by atoms with E-state index in [1.807, 2.05) is 22.8 Å². The van der Waals surface area contributed by atoms with Crippen LogP contribution in [0.4, 0.5) is 10.1 Å². The number of hydrogen-bond donors (Lipinski definition) is 0. The number of carbonyl (C=O) groups is 2. The first-order valence-corrected chi connectivity index (χ1v) is 8.52. The second-order valence-electron chi connectivity index (χ2n) is 6.08. The van der Waals surface area contributed by atoms with Crippen LogP contribution in [0.25, 0.3) is 0 Å². The molecule has 0 radical (unpaired) electrons. The average molecular weight is 340 g/mol. The normalized spacial score (nSPS) is 14.5. The molecule has 1 heterocycles. The molecule has 2 aromatic carbocycles. The van der Waals surface area contributed by atoms with E-state index in [0.717, 1.165) is 0 Å². The molecule has 25 heavy (non-hydrogen) atoms. The van der Waals surface area contributed by atoms with Crippen LogP contribution < -0.4 is 4.90 Å². The number of ketones is 1. The zero-order valence-corrected chi connectivity index (χ0v) is 14.2. The SMILES string of the molecule is CCC(=O)N1CCN(c2ccc(C(=O)c3ccccc3)cc2F)CC1. The highest BCUT2D eigenvalue weighted by molar-refractivity contribution is 6.09. The Labute approximate surface area is 146 Å². The largest absolute Gasteiger partial charge is 0.366 e. The molecule has 0 aromatic heterocycles. The molecule has 0 unspecified atom stereocenters. The summed E-state index contributed by atoms with van der Waals surface area (Å²) < 4.78 is 14.6. The van der Waals surface area contributed by atoms with Crippen LogP contribution in [0, 0.1) is 5.82 Å². The molecule has 3 rings (SSSR count). The third-order valence-corrected chi connectivity index (χ3v) is 4.52. The van der Waals surface area contributed by atoms with Crippen molar-refractivity contribution in [1.29, 1.82) is 0 Å². The predicted octanol–water partition coefficient (Wildman–Crippen LogP) is 3.12. The molecule has 0 bridgehead atoms. The highest BCUT2D eigenvalue weighted by Crippen LogP contribution is 2.23. The number of rotatable bonds is 4. The fraction of sp³-hybridized carbons (Fsp3) is 0.300. The zero-order valence-electron chi connectivity index (χ0n) is 14.2. The summed E-state index contributed by atoms with van der Waals surface area (Å²) in [5.41, 5.74) is 1.36. The summed E-state index contributed by atoms with van der Waals surface area (Å²) in [5, 5.41) is 0. The van der Waals surface area contributed by atoms with Crippen LogP contribution >= 0.6 is 0 Å². The number of halogens is 1. The van der Waals surface area contributed by atoms with Crippen molar-refractivity contribution in [3.63, 3.8) is 0 Å². The van der Waals surface area contributed by atoms with Gasteiger partial charge in [-0.1, -0.05) is 37.3 Å². The van der Waals surface area contributed by atoms with Gasteiger partial charge in [-0.25, -0.2) is 4.39 Å². The van der Waals surface area contributed by atoms with Gasteiger partial charge in [-0.2, -0.15) is 0 Å². The van der Waals surface area contributed by atoms with Gasteiger partial charge in [-0.05, 0) is 18.2 Å². The fourth-order valence-corrected chi connectivity index (χ4v) is 3.08. The lowest BCUT2D eigenvalue weighted by atomic mass is 10.0. The van der Waals surface area contributed by atoms with Crippen molar-refractivity contribution in [3.8, 4) is 0 Å². The highest BCUT2D eigenvalue weighted by atomic mass is 19.1. The molecule has 1 saturated heterocycles. The molecule has 0 N–H and O–H groups in total. The predicted molar refractivity (Wildman–Crippen MR) is 95.4 cm³/mol. The minimum absolute atomic E-state index is 0.129. The summed E-state index contributed by atoms with van der Waals surface area (Å²) in [4.78, 5) is 27.9. The van der Waals surface area contributed by atoms with Gasteiger partial charge in [-0.15, -0.1) is 0 Å². The number of nitrogens with zero attached hydrogens (tertiary/aromatic N) is 2. The third-order valence-electron chi connectivity index (χ3n) is 4.52. The van der Waals surface area contributed by atoms with Gasteiger partial charge in [0, 0.05) is 43.7 Å². The second-order valence-corrected chi connectivity index (χ2v) is 6.08. The molecule has 0 spiro atoms. The maximum Gasteiger partial charge on any atom is 0.222 e. The zero-order chi connectivity index (χ0) is 17.8. The highest BCUT2D eigenvalue weighted by Gasteiger charge is 2.22. The third kappa shape index (κ3) is 3.71. The van der Waals surface area contributed by atoms with Crippen LogP contribution in [0.2, 0.25) is 0 Å². The van der Waals surface area contributed by atoms with Crippen LogP contribution in [0.3, 0.4) is 0 Å². The monoisotopic (exact) mass is 340 g/mol. The average Bonchev–Trinajstić information content (AvgIpc) is 2.67. The molecule has 2 aromatic rings. The van der Waals surface area contributed by atoms with E-state index in [9.17, 15) is 14.0 Å². The summed E-state index contributed by atoms with van der Waals surface area (Å²) in [5.74, 6) is -0.467. The van der Waals surface area contributed by atoms with E-state index >= 15 is 0 Å². The summed E-state index contributed by atoms with van der Waals surface area (Å²) in [6, 6.07) is 13.5. The molecule has 0 atom stereocenters. The van der Waals surface area contributed by atoms with Crippen LogP contribution in [0.1, 0.15) is 29.3 Å². The van der Waals surface area contributed by atoms with Gasteiger partial charge in [0.1, 0.15) is 5.82 Å². The van der Waals surface area contributed by atoms with Gasteiger partial charge in [0.2, 0.25) is 5.91 Å². The standard InChI is InChI=1S/C20H21FN2O2/c1-2-19(24)23-12-10-22(11-13-23)18-9-8-16(14-17(18)21)20(25)15-6-4-3-5-7-15/h3-9,14H,2,10-13H2,1H3. The summed E-state index contributed by atoms with van der Waals surface area (Å²) in [7, 11) is 0. The van der Waals surface area contributed by atoms with Crippen molar-refractivity contribution in [3.05, 3.63) is 65.5 Å². The van der Waals surface area contributed by atoms with Gasteiger partial charge in [0.25, 0.3) is 0 Å². The van der Waals surface area contributed by atoms with Crippen molar-refractivity contribution in [2.75, 3.05) is 31.1 Å². The fourth-order valence-electron chi connectivity index (χ4n) is 3.08. The Morgan fingerprint density at radius 1 is 0.960 bits per heavy atom. The lowest BCUT2D eigenvalue weighted by molar-refractivity contribution is -0.131. The van der Waals surface area contributed by atoms with E-state index in [-0.39, 0.29) is 11.7 Å². The van der Waals surface area contributed by atoms with E-state index in [4.69, 9.17) is 0 Å². The number of hydrogen-bond acceptors (Lipinski definition) is 3. The van der Waals surface area contributed by atoms with Crippen molar-refractivity contribution in [2.45, 2.75) is 13.3 Å². The Morgan fingerprint density at radius 2 is 1.64 bits per heavy atom. The Hall–Kier alpha value is -2.69. The molecular weight excluding hydrogens is 319 g/mol. The Kier molecular flexibility index (Phi) is 5.12. The van der Waals surface area contributed by atoms with Crippen LogP contribution in [-0.4, -0.2) is 42.8 Å². The van der Waals surface area contributed by atoms with Crippen molar-refractivity contribution in [1.82, 2.24) is 4.90 Å². The lowest BCUT2D eigenvalue weighted by Crippen LogP contribution is -2.48. The van der Waals surface area contributed by atoms with Gasteiger partial charge in [0.05, 0.1) is 5.69 Å². The first-order chi connectivity index (χ1) is 12.1. The van der Waals surface area contributed by atoms with Crippen LogP contribution in [0.15, 0.2) is 48.5 Å². The number of carbonyl (C=O) groups excluding carboxylic acids is 2. The van der Waals surface area contributed by atoms with Crippen molar-refractivity contribution < 1.29 is 14.0 Å². The van der Waals surface area contributed by atoms with E-state index in [0.29, 0.717) is 49.4 Å². The number of benzene rings is 2. The lowest BCUT2D eigenvalue weighted by Gasteiger charge is -2.36. The quantitative estimate of drug-likeness (QED) is 0.803. The minimum Gasteiger partial charge on any atom is -0.366 e. The molecule has 1 amide bonds. The number of piperazine rings is 1. The first kappa shape index (κ1) is 17.1. The van der Waals surface area contributed by atoms with E-state index in [2.05, 4.69) is 0 Å². The topological polar surface area (TPSA) is 40.6 Å².